The van der Waals surface area contributed by atoms with Crippen molar-refractivity contribution >= 4 is 34.2 Å². The quantitative estimate of drug-likeness (QED) is 0.616. The van der Waals surface area contributed by atoms with Crippen LogP contribution in [-0.4, -0.2) is 6.34 Å². The highest BCUT2D eigenvalue weighted by atomic mass is 15.0. The molecule has 0 spiro atoms. The Morgan fingerprint density at radius 2 is 2.07 bits per heavy atom. The minimum absolute atomic E-state index is 0.796. The molecule has 2 aromatic rings. The number of hydrogen-bond donors (Lipinski definition) is 2. The molecule has 3 N–H and O–H groups in total. The maximum Gasteiger partial charge on any atom is 0.0930 e. The summed E-state index contributed by atoms with van der Waals surface area (Å²) in [5.41, 5.74) is 8.73. The van der Waals surface area contributed by atoms with E-state index >= 15 is 0 Å². The third-order valence-corrected chi connectivity index (χ3v) is 2.48. The summed E-state index contributed by atoms with van der Waals surface area (Å²) < 4.78 is 0. The molecule has 0 aliphatic carbocycles. The van der Waals surface area contributed by atoms with E-state index in [0.717, 1.165) is 27.8 Å². The van der Waals surface area contributed by atoms with Gasteiger partial charge in [-0.1, -0.05) is 12.1 Å². The molecule has 0 fully saturated rings. The first-order valence-corrected chi connectivity index (χ1v) is 4.46. The first kappa shape index (κ1) is 7.38. The van der Waals surface area contributed by atoms with Gasteiger partial charge in [-0.2, -0.15) is 0 Å². The zero-order valence-electron chi connectivity index (χ0n) is 7.49. The van der Waals surface area contributed by atoms with Crippen LogP contribution in [-0.2, 0) is 0 Å². The van der Waals surface area contributed by atoms with Gasteiger partial charge in [0.25, 0.3) is 0 Å². The van der Waals surface area contributed by atoms with E-state index in [1.807, 2.05) is 30.3 Å². The van der Waals surface area contributed by atoms with Gasteiger partial charge in [0.05, 0.1) is 12.0 Å². The number of anilines is 2. The number of nitrogen functional groups attached to an aromatic ring is 1. The number of benzene rings is 2. The molecule has 3 nitrogen and oxygen atoms in total. The van der Waals surface area contributed by atoms with Crippen molar-refractivity contribution in [3.8, 4) is 0 Å². The van der Waals surface area contributed by atoms with Crippen LogP contribution in [0.25, 0.3) is 10.8 Å². The molecule has 68 valence electrons. The fraction of sp³-hybridized carbons (Fsp3) is 0. The van der Waals surface area contributed by atoms with Crippen molar-refractivity contribution in [3.63, 3.8) is 0 Å². The van der Waals surface area contributed by atoms with Crippen LogP contribution in [0.5, 0.6) is 0 Å². The molecule has 0 saturated heterocycles. The number of rotatable bonds is 0. The Balaban J connectivity index is 2.56. The smallest absolute Gasteiger partial charge is 0.0930 e. The molecule has 1 aliphatic rings. The van der Waals surface area contributed by atoms with Gasteiger partial charge >= 0.3 is 0 Å². The lowest BCUT2D eigenvalue weighted by Crippen LogP contribution is -2.00. The van der Waals surface area contributed by atoms with Gasteiger partial charge in [-0.05, 0) is 18.2 Å². The van der Waals surface area contributed by atoms with E-state index in [-0.39, 0.29) is 0 Å². The van der Waals surface area contributed by atoms with Crippen molar-refractivity contribution in [2.24, 2.45) is 4.99 Å². The summed E-state index contributed by atoms with van der Waals surface area (Å²) in [5, 5.41) is 5.27. The average Bonchev–Trinajstić information content (AvgIpc) is 2.24. The van der Waals surface area contributed by atoms with Crippen LogP contribution in [0.1, 0.15) is 0 Å². The van der Waals surface area contributed by atoms with Crippen LogP contribution in [0.4, 0.5) is 17.1 Å². The van der Waals surface area contributed by atoms with E-state index in [1.54, 1.807) is 6.34 Å². The average molecular weight is 183 g/mol. The number of hydrogen-bond acceptors (Lipinski definition) is 3. The summed E-state index contributed by atoms with van der Waals surface area (Å²) in [5.74, 6) is 0. The van der Waals surface area contributed by atoms with Gasteiger partial charge in [0, 0.05) is 22.1 Å². The summed E-state index contributed by atoms with van der Waals surface area (Å²) in [4.78, 5) is 4.26. The number of nitrogens with one attached hydrogen (secondary N) is 1. The van der Waals surface area contributed by atoms with Crippen LogP contribution < -0.4 is 11.1 Å². The number of nitrogens with zero attached hydrogens (tertiary/aromatic N) is 1. The second kappa shape index (κ2) is 2.48. The van der Waals surface area contributed by atoms with Gasteiger partial charge < -0.3 is 11.1 Å². The van der Waals surface area contributed by atoms with Crippen LogP contribution in [0.2, 0.25) is 0 Å². The van der Waals surface area contributed by atoms with Gasteiger partial charge in [-0.15, -0.1) is 0 Å². The molecule has 0 radical (unpaired) electrons. The highest BCUT2D eigenvalue weighted by molar-refractivity contribution is 6.12. The molecule has 0 unspecified atom stereocenters. The molecule has 3 heteroatoms. The summed E-state index contributed by atoms with van der Waals surface area (Å²) in [6.07, 6.45) is 1.70. The van der Waals surface area contributed by atoms with Gasteiger partial charge in [0.2, 0.25) is 0 Å². The number of nitrogens with two attached hydrogens (primary N) is 1. The van der Waals surface area contributed by atoms with Gasteiger partial charge in [0.15, 0.2) is 0 Å². The standard InChI is InChI=1S/C11H9N3/c12-8-4-5-10-11-7(8)2-1-3-9(11)13-6-14-10/h1-6H,12H2,(H,13,14). The lowest BCUT2D eigenvalue weighted by molar-refractivity contribution is 1.53. The lowest BCUT2D eigenvalue weighted by atomic mass is 10.0. The number of aliphatic imine (C=N–C) groups is 1. The van der Waals surface area contributed by atoms with Gasteiger partial charge in [-0.3, -0.25) is 0 Å². The maximum atomic E-state index is 5.89. The molecule has 0 bridgehead atoms. The molecule has 0 atom stereocenters. The molecular formula is C11H9N3. The zero-order valence-corrected chi connectivity index (χ0v) is 7.49. The summed E-state index contributed by atoms with van der Waals surface area (Å²) in [6.45, 7) is 0. The van der Waals surface area contributed by atoms with Crippen molar-refractivity contribution in [1.29, 1.82) is 0 Å². The van der Waals surface area contributed by atoms with Crippen LogP contribution in [0.3, 0.4) is 0 Å². The molecule has 14 heavy (non-hydrogen) atoms. The monoisotopic (exact) mass is 183 g/mol. The van der Waals surface area contributed by atoms with E-state index in [1.165, 1.54) is 0 Å². The van der Waals surface area contributed by atoms with Crippen molar-refractivity contribution < 1.29 is 0 Å². The fourth-order valence-electron chi connectivity index (χ4n) is 1.81. The third-order valence-electron chi connectivity index (χ3n) is 2.48. The van der Waals surface area contributed by atoms with Gasteiger partial charge in [-0.25, -0.2) is 4.99 Å². The normalized spacial score (nSPS) is 12.9. The van der Waals surface area contributed by atoms with E-state index in [9.17, 15) is 0 Å². The molecule has 1 heterocycles. The van der Waals surface area contributed by atoms with Crippen molar-refractivity contribution in [3.05, 3.63) is 30.3 Å². The maximum absolute atomic E-state index is 5.89. The van der Waals surface area contributed by atoms with E-state index in [0.29, 0.717) is 0 Å². The Kier molecular flexibility index (Phi) is 1.31. The molecular weight excluding hydrogens is 174 g/mol. The minimum Gasteiger partial charge on any atom is -0.398 e. The summed E-state index contributed by atoms with van der Waals surface area (Å²) >= 11 is 0. The SMILES string of the molecule is Nc1ccc2c3c(cccc13)NC=N2. The van der Waals surface area contributed by atoms with E-state index in [2.05, 4.69) is 10.3 Å². The molecule has 1 aliphatic heterocycles. The molecule has 0 amide bonds. The first-order chi connectivity index (χ1) is 6.86. The van der Waals surface area contributed by atoms with E-state index < -0.39 is 0 Å². The molecule has 0 aromatic heterocycles. The van der Waals surface area contributed by atoms with Crippen LogP contribution in [0.15, 0.2) is 35.3 Å². The Morgan fingerprint density at radius 1 is 1.14 bits per heavy atom. The second-order valence-electron chi connectivity index (χ2n) is 3.30. The summed E-state index contributed by atoms with van der Waals surface area (Å²) in [7, 11) is 0. The topological polar surface area (TPSA) is 50.4 Å². The Bertz CT molecular complexity index is 543. The molecule has 0 saturated carbocycles. The Hall–Kier alpha value is -2.03. The Morgan fingerprint density at radius 3 is 3.00 bits per heavy atom. The predicted octanol–water partition coefficient (Wildman–Crippen LogP) is 2.51. The lowest BCUT2D eigenvalue weighted by Gasteiger charge is -2.13. The zero-order chi connectivity index (χ0) is 9.54. The van der Waals surface area contributed by atoms with Crippen LogP contribution in [0, 0.1) is 0 Å². The largest absolute Gasteiger partial charge is 0.398 e. The second-order valence-corrected chi connectivity index (χ2v) is 3.30. The highest BCUT2D eigenvalue weighted by Crippen LogP contribution is 2.37. The fourth-order valence-corrected chi connectivity index (χ4v) is 1.81. The van der Waals surface area contributed by atoms with Crippen molar-refractivity contribution in [2.75, 3.05) is 11.1 Å². The third kappa shape index (κ3) is 0.836. The highest BCUT2D eigenvalue weighted by Gasteiger charge is 2.09. The van der Waals surface area contributed by atoms with Gasteiger partial charge in [0.1, 0.15) is 0 Å². The van der Waals surface area contributed by atoms with Crippen LogP contribution >= 0.6 is 0 Å². The Labute approximate surface area is 81.3 Å². The molecule has 3 rings (SSSR count). The first-order valence-electron chi connectivity index (χ1n) is 4.46. The van der Waals surface area contributed by atoms with Crippen molar-refractivity contribution in [2.45, 2.75) is 0 Å². The molecule has 2 aromatic carbocycles. The van der Waals surface area contributed by atoms with E-state index in [4.69, 9.17) is 5.73 Å². The van der Waals surface area contributed by atoms with Crippen molar-refractivity contribution in [1.82, 2.24) is 0 Å². The minimum atomic E-state index is 0.796. The summed E-state index contributed by atoms with van der Waals surface area (Å²) in [6, 6.07) is 9.86. The predicted molar refractivity (Wildman–Crippen MR) is 60.1 cm³/mol.